The lowest BCUT2D eigenvalue weighted by atomic mass is 9.89. The zero-order chi connectivity index (χ0) is 23.2. The molecule has 0 fully saturated rings. The lowest BCUT2D eigenvalue weighted by Gasteiger charge is -2.29. The molecule has 0 aliphatic carbocycles. The Morgan fingerprint density at radius 2 is 1.70 bits per heavy atom. The van der Waals surface area contributed by atoms with E-state index < -0.39 is 34.8 Å². The van der Waals surface area contributed by atoms with E-state index in [0.717, 1.165) is 12.2 Å². The minimum absolute atomic E-state index is 0.226. The maximum atomic E-state index is 12.4. The number of amides is 1. The molecule has 0 aliphatic heterocycles. The van der Waals surface area contributed by atoms with Crippen molar-refractivity contribution in [2.24, 2.45) is 0 Å². The third-order valence-electron chi connectivity index (χ3n) is 3.56. The highest BCUT2D eigenvalue weighted by atomic mass is 16.6. The summed E-state index contributed by atoms with van der Waals surface area (Å²) in [6, 6.07) is 8.29. The average Bonchev–Trinajstić information content (AvgIpc) is 2.56. The zero-order valence-corrected chi connectivity index (χ0v) is 18.1. The van der Waals surface area contributed by atoms with Crippen LogP contribution in [0.4, 0.5) is 4.79 Å². The summed E-state index contributed by atoms with van der Waals surface area (Å²) in [4.78, 5) is 36.7. The van der Waals surface area contributed by atoms with E-state index >= 15 is 0 Å². The number of nitrogens with zero attached hydrogens (tertiary/aromatic N) is 1. The van der Waals surface area contributed by atoms with Crippen molar-refractivity contribution in [2.75, 3.05) is 0 Å². The van der Waals surface area contributed by atoms with Gasteiger partial charge >= 0.3 is 18.0 Å². The fraction of sp³-hybridized carbons (Fsp3) is 0.455. The largest absolute Gasteiger partial charge is 0.479 e. The third-order valence-corrected chi connectivity index (χ3v) is 3.56. The van der Waals surface area contributed by atoms with Crippen molar-refractivity contribution >= 4 is 18.0 Å². The Morgan fingerprint density at radius 1 is 1.10 bits per heavy atom. The van der Waals surface area contributed by atoms with Crippen LogP contribution >= 0.6 is 0 Å². The van der Waals surface area contributed by atoms with Gasteiger partial charge in [0.2, 0.25) is 0 Å². The van der Waals surface area contributed by atoms with Gasteiger partial charge in [-0.25, -0.2) is 14.4 Å². The number of hydrogen-bond acceptors (Lipinski definition) is 6. The van der Waals surface area contributed by atoms with Crippen LogP contribution in [-0.2, 0) is 25.5 Å². The molecule has 0 unspecified atom stereocenters. The topological polar surface area (TPSA) is 126 Å². The molecule has 2 N–H and O–H groups in total. The highest BCUT2D eigenvalue weighted by molar-refractivity contribution is 5.90. The fourth-order valence-electron chi connectivity index (χ4n) is 2.45. The molecule has 1 atom stereocenters. The van der Waals surface area contributed by atoms with Crippen LogP contribution in [0.5, 0.6) is 0 Å². The first-order valence-corrected chi connectivity index (χ1v) is 9.32. The molecule has 162 valence electrons. The number of carboxylic acid groups (broad SMARTS) is 1. The van der Waals surface area contributed by atoms with Crippen molar-refractivity contribution in [3.05, 3.63) is 47.5 Å². The van der Waals surface area contributed by atoms with Crippen molar-refractivity contribution in [3.8, 4) is 6.07 Å². The maximum absolute atomic E-state index is 12.4. The number of rotatable bonds is 6. The number of carbonyl (C=O) groups excluding carboxylic acids is 2. The van der Waals surface area contributed by atoms with Gasteiger partial charge in [-0.05, 0) is 65.3 Å². The Kier molecular flexibility index (Phi) is 7.77. The van der Waals surface area contributed by atoms with Crippen LogP contribution in [0, 0.1) is 11.3 Å². The Morgan fingerprint density at radius 3 is 2.20 bits per heavy atom. The molecule has 0 aromatic heterocycles. The molecule has 1 aromatic carbocycles. The molecule has 0 aliphatic rings. The van der Waals surface area contributed by atoms with E-state index in [0.29, 0.717) is 11.1 Å². The molecule has 0 heterocycles. The lowest BCUT2D eigenvalue weighted by Crippen LogP contribution is -2.56. The molecule has 0 spiro atoms. The van der Waals surface area contributed by atoms with E-state index in [1.165, 1.54) is 6.07 Å². The van der Waals surface area contributed by atoms with E-state index in [2.05, 4.69) is 5.32 Å². The lowest BCUT2D eigenvalue weighted by molar-refractivity contribution is -0.148. The molecule has 8 heteroatoms. The molecule has 0 saturated carbocycles. The molecule has 0 bridgehead atoms. The second-order valence-corrected chi connectivity index (χ2v) is 8.76. The molecule has 0 saturated heterocycles. The van der Waals surface area contributed by atoms with Gasteiger partial charge in [-0.2, -0.15) is 5.26 Å². The highest BCUT2D eigenvalue weighted by Crippen LogP contribution is 2.20. The van der Waals surface area contributed by atoms with E-state index in [1.54, 1.807) is 59.7 Å². The smallest absolute Gasteiger partial charge is 0.408 e. The van der Waals surface area contributed by atoms with Crippen LogP contribution in [0.15, 0.2) is 36.4 Å². The van der Waals surface area contributed by atoms with Gasteiger partial charge in [0.15, 0.2) is 5.54 Å². The second-order valence-electron chi connectivity index (χ2n) is 8.76. The monoisotopic (exact) mass is 416 g/mol. The number of ether oxygens (including phenoxy) is 2. The van der Waals surface area contributed by atoms with Crippen molar-refractivity contribution in [2.45, 2.75) is 64.7 Å². The maximum Gasteiger partial charge on any atom is 0.408 e. The Bertz CT molecular complexity index is 871. The SMILES string of the molecule is CC(C)(C)OC(=O)/C=C/[C@@](Cc1cccc(C#N)c1)(NC(=O)OC(C)(C)C)C(=O)O. The molecular weight excluding hydrogens is 388 g/mol. The molecule has 1 rings (SSSR count). The van der Waals surface area contributed by atoms with Crippen molar-refractivity contribution in [3.63, 3.8) is 0 Å². The van der Waals surface area contributed by atoms with E-state index in [4.69, 9.17) is 14.7 Å². The average molecular weight is 416 g/mol. The van der Waals surface area contributed by atoms with Crippen LogP contribution in [0.1, 0.15) is 52.7 Å². The van der Waals surface area contributed by atoms with Crippen LogP contribution < -0.4 is 5.32 Å². The number of esters is 1. The number of carbonyl (C=O) groups is 3. The third kappa shape index (κ3) is 8.35. The Hall–Kier alpha value is -3.34. The van der Waals surface area contributed by atoms with Crippen molar-refractivity contribution < 1.29 is 29.0 Å². The second kappa shape index (κ2) is 9.44. The number of benzene rings is 1. The van der Waals surface area contributed by atoms with Gasteiger partial charge < -0.3 is 19.9 Å². The van der Waals surface area contributed by atoms with Crippen LogP contribution in [-0.4, -0.2) is 39.9 Å². The molecule has 1 amide bonds. The molecule has 0 radical (unpaired) electrons. The Labute approximate surface area is 176 Å². The minimum Gasteiger partial charge on any atom is -0.479 e. The summed E-state index contributed by atoms with van der Waals surface area (Å²) in [6.45, 7) is 9.95. The first-order chi connectivity index (χ1) is 13.7. The van der Waals surface area contributed by atoms with Crippen molar-refractivity contribution in [1.82, 2.24) is 5.32 Å². The van der Waals surface area contributed by atoms with E-state index in [-0.39, 0.29) is 6.42 Å². The van der Waals surface area contributed by atoms with Gasteiger partial charge in [0.25, 0.3) is 0 Å². The fourth-order valence-corrected chi connectivity index (χ4v) is 2.45. The van der Waals surface area contributed by atoms with Crippen LogP contribution in [0.25, 0.3) is 0 Å². The molecule has 8 nitrogen and oxygen atoms in total. The standard InChI is InChI=1S/C22H28N2O6/c1-20(2,3)29-17(25)10-11-22(18(26)27,24-19(28)30-21(4,5)6)13-15-8-7-9-16(12-15)14-23/h7-12H,13H2,1-6H3,(H,24,28)(H,26,27)/b11-10+/t22-/m0/s1. The van der Waals surface area contributed by atoms with Gasteiger partial charge in [-0.1, -0.05) is 12.1 Å². The Balaban J connectivity index is 3.34. The summed E-state index contributed by atoms with van der Waals surface area (Å²) in [6.07, 6.45) is 0.836. The van der Waals surface area contributed by atoms with Crippen LogP contribution in [0.3, 0.4) is 0 Å². The highest BCUT2D eigenvalue weighted by Gasteiger charge is 2.39. The van der Waals surface area contributed by atoms with Gasteiger partial charge in [0.1, 0.15) is 11.2 Å². The summed E-state index contributed by atoms with van der Waals surface area (Å²) in [5.74, 6) is -2.17. The predicted molar refractivity (Wildman–Crippen MR) is 110 cm³/mol. The predicted octanol–water partition coefficient (Wildman–Crippen LogP) is 3.35. The number of nitriles is 1. The number of hydrogen-bond donors (Lipinski definition) is 2. The summed E-state index contributed by atoms with van der Waals surface area (Å²) in [5.41, 5.74) is -2.83. The summed E-state index contributed by atoms with van der Waals surface area (Å²) in [7, 11) is 0. The van der Waals surface area contributed by atoms with Gasteiger partial charge in [-0.3, -0.25) is 0 Å². The van der Waals surface area contributed by atoms with Gasteiger partial charge in [0, 0.05) is 12.5 Å². The van der Waals surface area contributed by atoms with Crippen LogP contribution in [0.2, 0.25) is 0 Å². The first kappa shape index (κ1) is 24.7. The summed E-state index contributed by atoms with van der Waals surface area (Å²) < 4.78 is 10.4. The number of aliphatic carboxylic acids is 1. The summed E-state index contributed by atoms with van der Waals surface area (Å²) in [5, 5.41) is 21.4. The van der Waals surface area contributed by atoms with Crippen molar-refractivity contribution in [1.29, 1.82) is 5.26 Å². The quantitative estimate of drug-likeness (QED) is 0.538. The first-order valence-electron chi connectivity index (χ1n) is 9.32. The summed E-state index contributed by atoms with van der Waals surface area (Å²) >= 11 is 0. The number of nitrogens with one attached hydrogen (secondary N) is 1. The van der Waals surface area contributed by atoms with E-state index in [1.807, 2.05) is 6.07 Å². The minimum atomic E-state index is -2.01. The molecule has 1 aromatic rings. The number of alkyl carbamates (subject to hydrolysis) is 1. The molecular formula is C22H28N2O6. The number of carboxylic acids is 1. The van der Waals surface area contributed by atoms with Gasteiger partial charge in [-0.15, -0.1) is 0 Å². The van der Waals surface area contributed by atoms with Gasteiger partial charge in [0.05, 0.1) is 11.6 Å². The van der Waals surface area contributed by atoms with E-state index in [9.17, 15) is 19.5 Å². The zero-order valence-electron chi connectivity index (χ0n) is 18.1. The molecule has 30 heavy (non-hydrogen) atoms. The normalized spacial score (nSPS) is 13.8.